The third kappa shape index (κ3) is 7.08. The van der Waals surface area contributed by atoms with Crippen molar-refractivity contribution in [3.05, 3.63) is 34.9 Å². The van der Waals surface area contributed by atoms with Crippen LogP contribution < -0.4 is 10.6 Å². The van der Waals surface area contributed by atoms with Crippen LogP contribution in [0.2, 0.25) is 5.02 Å². The standard InChI is InChI=1S/C15H19ClN2O4/c1-2-22-14(20)7-4-8-17-13(19)10-18-15(21)11-5-3-6-12(16)9-11/h3,5-6,9H,2,4,7-8,10H2,1H3,(H,17,19)(H,18,21). The number of benzene rings is 1. The highest BCUT2D eigenvalue weighted by Gasteiger charge is 2.08. The maximum atomic E-state index is 11.8. The molecule has 0 radical (unpaired) electrons. The van der Waals surface area contributed by atoms with Crippen LogP contribution in [0.3, 0.4) is 0 Å². The summed E-state index contributed by atoms with van der Waals surface area (Å²) in [6.07, 6.45) is 0.746. The zero-order valence-corrected chi connectivity index (χ0v) is 13.1. The van der Waals surface area contributed by atoms with Crippen molar-refractivity contribution in [3.63, 3.8) is 0 Å². The van der Waals surface area contributed by atoms with Gasteiger partial charge in [-0.3, -0.25) is 14.4 Å². The lowest BCUT2D eigenvalue weighted by Gasteiger charge is -2.07. The summed E-state index contributed by atoms with van der Waals surface area (Å²) < 4.78 is 4.77. The van der Waals surface area contributed by atoms with Crippen LogP contribution >= 0.6 is 11.6 Å². The highest BCUT2D eigenvalue weighted by atomic mass is 35.5. The Bertz CT molecular complexity index is 534. The number of rotatable bonds is 8. The summed E-state index contributed by atoms with van der Waals surface area (Å²) >= 11 is 5.79. The van der Waals surface area contributed by atoms with E-state index in [2.05, 4.69) is 10.6 Å². The van der Waals surface area contributed by atoms with Crippen molar-refractivity contribution in [2.75, 3.05) is 19.7 Å². The predicted molar refractivity (Wildman–Crippen MR) is 82.7 cm³/mol. The maximum absolute atomic E-state index is 11.8. The molecule has 0 saturated heterocycles. The SMILES string of the molecule is CCOC(=O)CCCNC(=O)CNC(=O)c1cccc(Cl)c1. The molecular formula is C15H19ClN2O4. The van der Waals surface area contributed by atoms with E-state index < -0.39 is 0 Å². The van der Waals surface area contributed by atoms with Gasteiger partial charge in [0.25, 0.3) is 5.91 Å². The van der Waals surface area contributed by atoms with Crippen molar-refractivity contribution >= 4 is 29.4 Å². The number of halogens is 1. The number of carbonyl (C=O) groups is 3. The fourth-order valence-electron chi connectivity index (χ4n) is 1.65. The molecule has 1 aromatic rings. The van der Waals surface area contributed by atoms with Crippen LogP contribution in [-0.2, 0) is 14.3 Å². The van der Waals surface area contributed by atoms with E-state index in [1.807, 2.05) is 0 Å². The maximum Gasteiger partial charge on any atom is 0.305 e. The van der Waals surface area contributed by atoms with Crippen LogP contribution in [0.25, 0.3) is 0 Å². The lowest BCUT2D eigenvalue weighted by atomic mass is 10.2. The first-order chi connectivity index (χ1) is 10.5. The minimum atomic E-state index is -0.371. The highest BCUT2D eigenvalue weighted by Crippen LogP contribution is 2.10. The van der Waals surface area contributed by atoms with E-state index in [1.165, 1.54) is 6.07 Å². The highest BCUT2D eigenvalue weighted by molar-refractivity contribution is 6.30. The minimum Gasteiger partial charge on any atom is -0.466 e. The van der Waals surface area contributed by atoms with Gasteiger partial charge in [0.15, 0.2) is 0 Å². The van der Waals surface area contributed by atoms with Crippen molar-refractivity contribution in [1.82, 2.24) is 10.6 Å². The van der Waals surface area contributed by atoms with Crippen molar-refractivity contribution in [2.45, 2.75) is 19.8 Å². The van der Waals surface area contributed by atoms with Crippen LogP contribution in [0, 0.1) is 0 Å². The van der Waals surface area contributed by atoms with Gasteiger partial charge in [-0.15, -0.1) is 0 Å². The molecule has 0 aliphatic carbocycles. The minimum absolute atomic E-state index is 0.134. The molecule has 0 aliphatic rings. The van der Waals surface area contributed by atoms with E-state index in [0.717, 1.165) is 0 Å². The molecule has 7 heteroatoms. The lowest BCUT2D eigenvalue weighted by molar-refractivity contribution is -0.143. The molecular weight excluding hydrogens is 308 g/mol. The monoisotopic (exact) mass is 326 g/mol. The molecule has 0 spiro atoms. The Labute approximate surface area is 134 Å². The van der Waals surface area contributed by atoms with Crippen molar-refractivity contribution in [1.29, 1.82) is 0 Å². The molecule has 1 rings (SSSR count). The summed E-state index contributed by atoms with van der Waals surface area (Å²) in [5, 5.41) is 5.56. The number of amides is 2. The second-order valence-electron chi connectivity index (χ2n) is 4.45. The first-order valence-corrected chi connectivity index (χ1v) is 7.36. The number of hydrogen-bond acceptors (Lipinski definition) is 4. The molecule has 120 valence electrons. The molecule has 6 nitrogen and oxygen atoms in total. The Morgan fingerprint density at radius 2 is 2.00 bits per heavy atom. The molecule has 1 aromatic carbocycles. The number of carbonyl (C=O) groups excluding carboxylic acids is 3. The van der Waals surface area contributed by atoms with Crippen LogP contribution in [0.5, 0.6) is 0 Å². The number of nitrogens with one attached hydrogen (secondary N) is 2. The summed E-state index contributed by atoms with van der Waals surface area (Å²) in [6.45, 7) is 2.30. The summed E-state index contributed by atoms with van der Waals surface area (Å²) in [5.74, 6) is -0.977. The fourth-order valence-corrected chi connectivity index (χ4v) is 1.84. The quantitative estimate of drug-likeness (QED) is 0.560. The summed E-state index contributed by atoms with van der Waals surface area (Å²) in [5.41, 5.74) is 0.391. The van der Waals surface area contributed by atoms with E-state index in [1.54, 1.807) is 25.1 Å². The smallest absolute Gasteiger partial charge is 0.305 e. The number of esters is 1. The molecule has 2 N–H and O–H groups in total. The summed E-state index contributed by atoms with van der Waals surface area (Å²) in [7, 11) is 0. The van der Waals surface area contributed by atoms with Gasteiger partial charge in [-0.25, -0.2) is 0 Å². The van der Waals surface area contributed by atoms with E-state index in [-0.39, 0.29) is 30.7 Å². The number of hydrogen-bond donors (Lipinski definition) is 2. The Morgan fingerprint density at radius 1 is 1.23 bits per heavy atom. The molecule has 0 aromatic heterocycles. The second-order valence-corrected chi connectivity index (χ2v) is 4.89. The van der Waals surface area contributed by atoms with Crippen molar-refractivity contribution in [3.8, 4) is 0 Å². The third-order valence-corrected chi connectivity index (χ3v) is 2.92. The van der Waals surface area contributed by atoms with Gasteiger partial charge in [0.05, 0.1) is 13.2 Å². The van der Waals surface area contributed by atoms with Crippen LogP contribution in [-0.4, -0.2) is 37.5 Å². The Morgan fingerprint density at radius 3 is 2.68 bits per heavy atom. The van der Waals surface area contributed by atoms with Gasteiger partial charge >= 0.3 is 5.97 Å². The molecule has 0 unspecified atom stereocenters. The van der Waals surface area contributed by atoms with Gasteiger partial charge in [0.1, 0.15) is 0 Å². The summed E-state index contributed by atoms with van der Waals surface area (Å²) in [4.78, 5) is 34.4. The Hall–Kier alpha value is -2.08. The first-order valence-electron chi connectivity index (χ1n) is 6.99. The molecule has 2 amide bonds. The second kappa shape index (κ2) is 9.78. The van der Waals surface area contributed by atoms with Gasteiger partial charge in [-0.2, -0.15) is 0 Å². The van der Waals surface area contributed by atoms with Gasteiger partial charge in [0, 0.05) is 23.6 Å². The fraction of sp³-hybridized carbons (Fsp3) is 0.400. The van der Waals surface area contributed by atoms with Gasteiger partial charge < -0.3 is 15.4 Å². The van der Waals surface area contributed by atoms with Gasteiger partial charge in [-0.1, -0.05) is 17.7 Å². The molecule has 0 atom stereocenters. The van der Waals surface area contributed by atoms with E-state index >= 15 is 0 Å². The van der Waals surface area contributed by atoms with Crippen LogP contribution in [0.15, 0.2) is 24.3 Å². The summed E-state index contributed by atoms with van der Waals surface area (Å²) in [6, 6.07) is 6.45. The average Bonchev–Trinajstić information content (AvgIpc) is 2.49. The molecule has 0 heterocycles. The van der Waals surface area contributed by atoms with Gasteiger partial charge in [0.2, 0.25) is 5.91 Å². The van der Waals surface area contributed by atoms with E-state index in [0.29, 0.717) is 30.2 Å². The zero-order valence-electron chi connectivity index (χ0n) is 12.4. The third-order valence-electron chi connectivity index (χ3n) is 2.68. The average molecular weight is 327 g/mol. The predicted octanol–water partition coefficient (Wildman–Crippen LogP) is 1.53. The van der Waals surface area contributed by atoms with Gasteiger partial charge in [-0.05, 0) is 31.5 Å². The normalized spacial score (nSPS) is 9.91. The Balaban J connectivity index is 2.20. The van der Waals surface area contributed by atoms with E-state index in [9.17, 15) is 14.4 Å². The van der Waals surface area contributed by atoms with E-state index in [4.69, 9.17) is 16.3 Å². The zero-order chi connectivity index (χ0) is 16.4. The molecule has 0 fully saturated rings. The van der Waals surface area contributed by atoms with Crippen molar-refractivity contribution < 1.29 is 19.1 Å². The topological polar surface area (TPSA) is 84.5 Å². The molecule has 0 saturated carbocycles. The first kappa shape index (κ1) is 18.0. The molecule has 0 aliphatic heterocycles. The molecule has 22 heavy (non-hydrogen) atoms. The van der Waals surface area contributed by atoms with Crippen LogP contribution in [0.4, 0.5) is 0 Å². The largest absolute Gasteiger partial charge is 0.466 e. The Kier molecular flexibility index (Phi) is 7.99. The molecule has 0 bridgehead atoms. The lowest BCUT2D eigenvalue weighted by Crippen LogP contribution is -2.37. The number of ether oxygens (including phenoxy) is 1. The van der Waals surface area contributed by atoms with Crippen LogP contribution in [0.1, 0.15) is 30.1 Å². The van der Waals surface area contributed by atoms with Crippen molar-refractivity contribution in [2.24, 2.45) is 0 Å².